The predicted octanol–water partition coefficient (Wildman–Crippen LogP) is -0.343. The van der Waals surface area contributed by atoms with Crippen LogP contribution < -0.4 is 16.2 Å². The number of aromatic carboxylic acids is 1. The Labute approximate surface area is 133 Å². The molecule has 1 aliphatic heterocycles. The molecule has 1 fully saturated rings. The van der Waals surface area contributed by atoms with Crippen LogP contribution in [0.2, 0.25) is 0 Å². The third-order valence-electron chi connectivity index (χ3n) is 3.49. The number of ether oxygens (including phenoxy) is 1. The van der Waals surface area contributed by atoms with Crippen LogP contribution in [0.25, 0.3) is 0 Å². The zero-order valence-corrected chi connectivity index (χ0v) is 12.7. The summed E-state index contributed by atoms with van der Waals surface area (Å²) in [5, 5.41) is 11.8. The van der Waals surface area contributed by atoms with Crippen molar-refractivity contribution >= 4 is 17.8 Å². The Balaban J connectivity index is 1.99. The van der Waals surface area contributed by atoms with Crippen molar-refractivity contribution in [2.24, 2.45) is 5.92 Å². The molecule has 2 atom stereocenters. The van der Waals surface area contributed by atoms with Gasteiger partial charge in [0.15, 0.2) is 0 Å². The van der Waals surface area contributed by atoms with E-state index in [1.54, 1.807) is 25.1 Å². The molecule has 1 saturated heterocycles. The summed E-state index contributed by atoms with van der Waals surface area (Å²) < 4.78 is 4.96. The maximum absolute atomic E-state index is 12.1. The van der Waals surface area contributed by atoms with Gasteiger partial charge in [-0.1, -0.05) is 18.2 Å². The Morgan fingerprint density at radius 1 is 1.35 bits per heavy atom. The molecule has 1 heterocycles. The standard InChI is InChI=1S/C15H19N3O5/c1-2-23-15(22)11-8-16-18-13(11)17-12(19)7-9-5-3-4-6-10(9)14(20)21/h3-6,11,13,16,18H,2,7-8H2,1H3,(H,17,19)(H,20,21). The van der Waals surface area contributed by atoms with Gasteiger partial charge in [-0.25, -0.2) is 10.2 Å². The van der Waals surface area contributed by atoms with Crippen molar-refractivity contribution in [3.63, 3.8) is 0 Å². The van der Waals surface area contributed by atoms with E-state index >= 15 is 0 Å². The highest BCUT2D eigenvalue weighted by atomic mass is 16.5. The summed E-state index contributed by atoms with van der Waals surface area (Å²) in [6, 6.07) is 6.31. The Morgan fingerprint density at radius 3 is 2.78 bits per heavy atom. The summed E-state index contributed by atoms with van der Waals surface area (Å²) in [4.78, 5) is 35.1. The molecule has 0 saturated carbocycles. The molecular weight excluding hydrogens is 302 g/mol. The van der Waals surface area contributed by atoms with E-state index in [4.69, 9.17) is 9.84 Å². The molecular formula is C15H19N3O5. The van der Waals surface area contributed by atoms with E-state index < -0.39 is 24.0 Å². The number of carbonyl (C=O) groups excluding carboxylic acids is 2. The van der Waals surface area contributed by atoms with Crippen LogP contribution in [-0.4, -0.2) is 42.3 Å². The Bertz CT molecular complexity index is 605. The van der Waals surface area contributed by atoms with E-state index in [9.17, 15) is 14.4 Å². The van der Waals surface area contributed by atoms with E-state index in [0.717, 1.165) is 0 Å². The number of hydrazine groups is 1. The Morgan fingerprint density at radius 2 is 2.09 bits per heavy atom. The highest BCUT2D eigenvalue weighted by Crippen LogP contribution is 2.11. The number of hydrogen-bond donors (Lipinski definition) is 4. The summed E-state index contributed by atoms with van der Waals surface area (Å²) in [5.74, 6) is -2.40. The number of amides is 1. The molecule has 4 N–H and O–H groups in total. The average molecular weight is 321 g/mol. The zero-order valence-electron chi connectivity index (χ0n) is 12.7. The largest absolute Gasteiger partial charge is 0.478 e. The molecule has 1 aromatic rings. The topological polar surface area (TPSA) is 117 Å². The lowest BCUT2D eigenvalue weighted by molar-refractivity contribution is -0.148. The van der Waals surface area contributed by atoms with Crippen LogP contribution >= 0.6 is 0 Å². The number of carboxylic acid groups (broad SMARTS) is 1. The monoisotopic (exact) mass is 321 g/mol. The quantitative estimate of drug-likeness (QED) is 0.529. The molecule has 1 aromatic carbocycles. The number of nitrogens with one attached hydrogen (secondary N) is 3. The van der Waals surface area contributed by atoms with Crippen molar-refractivity contribution in [1.29, 1.82) is 0 Å². The third kappa shape index (κ3) is 4.27. The fourth-order valence-electron chi connectivity index (χ4n) is 2.38. The summed E-state index contributed by atoms with van der Waals surface area (Å²) >= 11 is 0. The van der Waals surface area contributed by atoms with Crippen LogP contribution in [0.1, 0.15) is 22.8 Å². The lowest BCUT2D eigenvalue weighted by Gasteiger charge is -2.18. The molecule has 0 aliphatic carbocycles. The maximum atomic E-state index is 12.1. The minimum absolute atomic E-state index is 0.0853. The molecule has 8 heteroatoms. The maximum Gasteiger partial charge on any atom is 0.335 e. The van der Waals surface area contributed by atoms with Crippen molar-refractivity contribution in [2.45, 2.75) is 19.5 Å². The summed E-state index contributed by atoms with van der Waals surface area (Å²) in [6.07, 6.45) is -0.686. The highest BCUT2D eigenvalue weighted by molar-refractivity contribution is 5.91. The van der Waals surface area contributed by atoms with Crippen molar-refractivity contribution in [3.05, 3.63) is 35.4 Å². The lowest BCUT2D eigenvalue weighted by Crippen LogP contribution is -2.49. The molecule has 1 amide bonds. The molecule has 0 aromatic heterocycles. The van der Waals surface area contributed by atoms with Gasteiger partial charge >= 0.3 is 11.9 Å². The second kappa shape index (κ2) is 7.70. The van der Waals surface area contributed by atoms with Crippen LogP contribution in [0.4, 0.5) is 0 Å². The summed E-state index contributed by atoms with van der Waals surface area (Å²) in [7, 11) is 0. The van der Waals surface area contributed by atoms with Crippen molar-refractivity contribution in [3.8, 4) is 0 Å². The molecule has 0 spiro atoms. The molecule has 8 nitrogen and oxygen atoms in total. The van der Waals surface area contributed by atoms with Gasteiger partial charge in [0, 0.05) is 6.54 Å². The van der Waals surface area contributed by atoms with E-state index in [0.29, 0.717) is 12.1 Å². The van der Waals surface area contributed by atoms with E-state index in [-0.39, 0.29) is 24.5 Å². The van der Waals surface area contributed by atoms with Gasteiger partial charge in [-0.2, -0.15) is 0 Å². The van der Waals surface area contributed by atoms with E-state index in [2.05, 4.69) is 16.2 Å². The molecule has 23 heavy (non-hydrogen) atoms. The van der Waals surface area contributed by atoms with Gasteiger partial charge in [0.2, 0.25) is 5.91 Å². The van der Waals surface area contributed by atoms with E-state index in [1.165, 1.54) is 6.07 Å². The summed E-state index contributed by atoms with van der Waals surface area (Å²) in [6.45, 7) is 2.32. The first kappa shape index (κ1) is 16.9. The SMILES string of the molecule is CCOC(=O)C1CNNC1NC(=O)Cc1ccccc1C(=O)O. The van der Waals surface area contributed by atoms with Gasteiger partial charge in [0.1, 0.15) is 12.1 Å². The number of hydrogen-bond acceptors (Lipinski definition) is 6. The average Bonchev–Trinajstić information content (AvgIpc) is 2.95. The lowest BCUT2D eigenvalue weighted by atomic mass is 10.0. The number of esters is 1. The van der Waals surface area contributed by atoms with E-state index in [1.807, 2.05) is 0 Å². The Kier molecular flexibility index (Phi) is 5.67. The number of benzene rings is 1. The molecule has 124 valence electrons. The number of carbonyl (C=O) groups is 3. The number of rotatable bonds is 6. The van der Waals surface area contributed by atoms with Crippen molar-refractivity contribution in [1.82, 2.24) is 16.2 Å². The van der Waals surface area contributed by atoms with Gasteiger partial charge in [0.25, 0.3) is 0 Å². The smallest absolute Gasteiger partial charge is 0.335 e. The van der Waals surface area contributed by atoms with Gasteiger partial charge in [-0.15, -0.1) is 0 Å². The Hall–Kier alpha value is -2.45. The van der Waals surface area contributed by atoms with Crippen LogP contribution in [0.3, 0.4) is 0 Å². The first-order chi connectivity index (χ1) is 11.0. The van der Waals surface area contributed by atoms with Gasteiger partial charge < -0.3 is 15.2 Å². The van der Waals surface area contributed by atoms with Crippen LogP contribution in [-0.2, 0) is 20.7 Å². The van der Waals surface area contributed by atoms with Crippen molar-refractivity contribution in [2.75, 3.05) is 13.2 Å². The summed E-state index contributed by atoms with van der Waals surface area (Å²) in [5.41, 5.74) is 6.10. The molecule has 2 rings (SSSR count). The molecule has 0 radical (unpaired) electrons. The van der Waals surface area contributed by atoms with Gasteiger partial charge in [-0.05, 0) is 18.6 Å². The third-order valence-corrected chi connectivity index (χ3v) is 3.49. The zero-order chi connectivity index (χ0) is 16.8. The molecule has 1 aliphatic rings. The van der Waals surface area contributed by atoms with Crippen LogP contribution in [0, 0.1) is 5.92 Å². The normalized spacial score (nSPS) is 20.0. The second-order valence-corrected chi connectivity index (χ2v) is 5.07. The van der Waals surface area contributed by atoms with Crippen LogP contribution in [0.5, 0.6) is 0 Å². The fraction of sp³-hybridized carbons (Fsp3) is 0.400. The molecule has 0 bridgehead atoms. The highest BCUT2D eigenvalue weighted by Gasteiger charge is 2.35. The fourth-order valence-corrected chi connectivity index (χ4v) is 2.38. The van der Waals surface area contributed by atoms with Gasteiger partial charge in [-0.3, -0.25) is 15.0 Å². The molecule has 2 unspecified atom stereocenters. The minimum Gasteiger partial charge on any atom is -0.478 e. The first-order valence-corrected chi connectivity index (χ1v) is 7.28. The number of carboxylic acids is 1. The predicted molar refractivity (Wildman–Crippen MR) is 80.3 cm³/mol. The minimum atomic E-state index is -1.08. The van der Waals surface area contributed by atoms with Crippen LogP contribution in [0.15, 0.2) is 24.3 Å². The second-order valence-electron chi connectivity index (χ2n) is 5.07. The van der Waals surface area contributed by atoms with Crippen molar-refractivity contribution < 1.29 is 24.2 Å². The van der Waals surface area contributed by atoms with Gasteiger partial charge in [0.05, 0.1) is 18.6 Å². The first-order valence-electron chi connectivity index (χ1n) is 7.28.